The number of benzene rings is 1. The molecule has 1 unspecified atom stereocenters. The van der Waals surface area contributed by atoms with Crippen LogP contribution in [0.1, 0.15) is 18.9 Å². The highest BCUT2D eigenvalue weighted by atomic mass is 35.5. The monoisotopic (exact) mass is 317 g/mol. The van der Waals surface area contributed by atoms with Gasteiger partial charge in [-0.3, -0.25) is 9.69 Å². The number of ether oxygens (including phenoxy) is 1. The fourth-order valence-electron chi connectivity index (χ4n) is 2.65. The van der Waals surface area contributed by atoms with Gasteiger partial charge in [-0.1, -0.05) is 29.3 Å². The average molecular weight is 318 g/mol. The summed E-state index contributed by atoms with van der Waals surface area (Å²) in [4.78, 5) is 13.4. The van der Waals surface area contributed by atoms with Crippen LogP contribution in [-0.4, -0.2) is 42.3 Å². The Morgan fingerprint density at radius 2 is 2.05 bits per heavy atom. The van der Waals surface area contributed by atoms with Crippen LogP contribution in [0.5, 0.6) is 0 Å². The molecule has 4 nitrogen and oxygen atoms in total. The molecule has 0 aromatic heterocycles. The Morgan fingerprint density at radius 1 is 1.40 bits per heavy atom. The van der Waals surface area contributed by atoms with Crippen molar-refractivity contribution >= 4 is 29.2 Å². The summed E-state index contributed by atoms with van der Waals surface area (Å²) in [5.41, 5.74) is 0.116. The van der Waals surface area contributed by atoms with Crippen molar-refractivity contribution in [1.29, 1.82) is 0 Å². The zero-order valence-corrected chi connectivity index (χ0v) is 12.7. The molecule has 1 aromatic rings. The molecule has 110 valence electrons. The summed E-state index contributed by atoms with van der Waals surface area (Å²) in [6, 6.07) is 5.20. The highest BCUT2D eigenvalue weighted by Gasteiger charge is 2.38. The molecule has 1 heterocycles. The van der Waals surface area contributed by atoms with Crippen LogP contribution in [0.4, 0.5) is 0 Å². The van der Waals surface area contributed by atoms with Gasteiger partial charge in [0.15, 0.2) is 0 Å². The number of rotatable bonds is 4. The Bertz CT molecular complexity index is 503. The number of nitrogens with zero attached hydrogens (tertiary/aromatic N) is 1. The summed E-state index contributed by atoms with van der Waals surface area (Å²) >= 11 is 12.2. The Hall–Kier alpha value is -0.810. The molecule has 0 amide bonds. The third-order valence-corrected chi connectivity index (χ3v) is 4.26. The van der Waals surface area contributed by atoms with E-state index in [1.807, 2.05) is 13.0 Å². The first-order valence-corrected chi connectivity index (χ1v) is 7.19. The number of carbonyl (C=O) groups is 1. The van der Waals surface area contributed by atoms with Gasteiger partial charge in [-0.05, 0) is 24.6 Å². The first-order chi connectivity index (χ1) is 9.43. The van der Waals surface area contributed by atoms with E-state index in [1.54, 1.807) is 12.1 Å². The molecular formula is C14H17Cl2NO3. The minimum atomic E-state index is -0.856. The summed E-state index contributed by atoms with van der Waals surface area (Å²) < 4.78 is 5.34. The van der Waals surface area contributed by atoms with Crippen LogP contribution < -0.4 is 0 Å². The molecule has 2 rings (SSSR count). The molecule has 1 atom stereocenters. The molecule has 1 aliphatic rings. The average Bonchev–Trinajstić information content (AvgIpc) is 2.38. The van der Waals surface area contributed by atoms with Crippen molar-refractivity contribution in [3.05, 3.63) is 33.8 Å². The van der Waals surface area contributed by atoms with Gasteiger partial charge in [-0.25, -0.2) is 0 Å². The third-order valence-electron chi connectivity index (χ3n) is 3.72. The van der Waals surface area contributed by atoms with Gasteiger partial charge in [-0.2, -0.15) is 0 Å². The van der Waals surface area contributed by atoms with Crippen LogP contribution in [0.25, 0.3) is 0 Å². The molecule has 0 aliphatic carbocycles. The van der Waals surface area contributed by atoms with Gasteiger partial charge in [0, 0.05) is 23.1 Å². The molecule has 20 heavy (non-hydrogen) atoms. The fourth-order valence-corrected chi connectivity index (χ4v) is 3.27. The number of halogens is 2. The van der Waals surface area contributed by atoms with Crippen molar-refractivity contribution in [2.24, 2.45) is 0 Å². The van der Waals surface area contributed by atoms with E-state index in [0.717, 1.165) is 5.56 Å². The van der Waals surface area contributed by atoms with E-state index in [0.29, 0.717) is 36.3 Å². The lowest BCUT2D eigenvalue weighted by molar-refractivity contribution is -0.141. The Balaban J connectivity index is 2.41. The fraction of sp³-hybridized carbons (Fsp3) is 0.500. The zero-order chi connectivity index (χ0) is 14.8. The molecule has 6 heteroatoms. The van der Waals surface area contributed by atoms with E-state index in [9.17, 15) is 9.90 Å². The second kappa shape index (κ2) is 6.31. The van der Waals surface area contributed by atoms with Crippen LogP contribution in [0.3, 0.4) is 0 Å². The standard InChI is InChI=1S/C14H17Cl2NO3/c1-14(9-13(18)19,17-4-6-20-7-5-17)11-3-2-10(15)8-12(11)16/h2-3,8H,4-7,9H2,1H3,(H,18,19). The van der Waals surface area contributed by atoms with Gasteiger partial charge in [0.2, 0.25) is 0 Å². The van der Waals surface area contributed by atoms with Gasteiger partial charge in [-0.15, -0.1) is 0 Å². The Kier molecular flexibility index (Phi) is 4.91. The molecule has 0 radical (unpaired) electrons. The number of aliphatic carboxylic acids is 1. The lowest BCUT2D eigenvalue weighted by Crippen LogP contribution is -2.50. The minimum Gasteiger partial charge on any atom is -0.481 e. The van der Waals surface area contributed by atoms with Crippen molar-refractivity contribution in [1.82, 2.24) is 4.90 Å². The SMILES string of the molecule is CC(CC(=O)O)(c1ccc(Cl)cc1Cl)N1CCOCC1. The molecule has 0 bridgehead atoms. The lowest BCUT2D eigenvalue weighted by Gasteiger charge is -2.43. The second-order valence-corrected chi connectivity index (χ2v) is 5.91. The van der Waals surface area contributed by atoms with Crippen LogP contribution in [0.15, 0.2) is 18.2 Å². The smallest absolute Gasteiger partial charge is 0.305 e. The van der Waals surface area contributed by atoms with Crippen LogP contribution >= 0.6 is 23.2 Å². The molecule has 1 N–H and O–H groups in total. The van der Waals surface area contributed by atoms with Crippen molar-refractivity contribution in [2.45, 2.75) is 18.9 Å². The van der Waals surface area contributed by atoms with E-state index < -0.39 is 11.5 Å². The van der Waals surface area contributed by atoms with Crippen molar-refractivity contribution < 1.29 is 14.6 Å². The van der Waals surface area contributed by atoms with E-state index in [4.69, 9.17) is 27.9 Å². The maximum absolute atomic E-state index is 11.3. The predicted molar refractivity (Wildman–Crippen MR) is 78.5 cm³/mol. The van der Waals surface area contributed by atoms with Crippen molar-refractivity contribution in [3.63, 3.8) is 0 Å². The van der Waals surface area contributed by atoms with E-state index in [-0.39, 0.29) is 6.42 Å². The van der Waals surface area contributed by atoms with Crippen LogP contribution in [0.2, 0.25) is 10.0 Å². The number of hydrogen-bond donors (Lipinski definition) is 1. The normalized spacial score (nSPS) is 19.6. The maximum atomic E-state index is 11.3. The molecule has 1 aliphatic heterocycles. The first kappa shape index (κ1) is 15.6. The quantitative estimate of drug-likeness (QED) is 0.927. The number of carboxylic acids is 1. The van der Waals surface area contributed by atoms with Crippen molar-refractivity contribution in [3.8, 4) is 0 Å². The Morgan fingerprint density at radius 3 is 2.60 bits per heavy atom. The van der Waals surface area contributed by atoms with Gasteiger partial charge >= 0.3 is 5.97 Å². The molecule has 1 aromatic carbocycles. The summed E-state index contributed by atoms with van der Waals surface area (Å²) in [7, 11) is 0. The minimum absolute atomic E-state index is 0.0195. The summed E-state index contributed by atoms with van der Waals surface area (Å²) in [5, 5.41) is 10.3. The maximum Gasteiger partial charge on any atom is 0.305 e. The third kappa shape index (κ3) is 3.26. The molecule has 0 saturated carbocycles. The summed E-state index contributed by atoms with van der Waals surface area (Å²) in [5.74, 6) is -0.856. The molecule has 0 spiro atoms. The highest BCUT2D eigenvalue weighted by molar-refractivity contribution is 6.35. The van der Waals surface area contributed by atoms with Gasteiger partial charge in [0.05, 0.1) is 25.2 Å². The molecular weight excluding hydrogens is 301 g/mol. The zero-order valence-electron chi connectivity index (χ0n) is 11.2. The highest BCUT2D eigenvalue weighted by Crippen LogP contribution is 2.37. The van der Waals surface area contributed by atoms with Gasteiger partial charge in [0.25, 0.3) is 0 Å². The molecule has 1 saturated heterocycles. The second-order valence-electron chi connectivity index (χ2n) is 5.07. The van der Waals surface area contributed by atoms with Gasteiger partial charge < -0.3 is 9.84 Å². The topological polar surface area (TPSA) is 49.8 Å². The van der Waals surface area contributed by atoms with E-state index in [1.165, 1.54) is 0 Å². The van der Waals surface area contributed by atoms with E-state index >= 15 is 0 Å². The number of morpholine rings is 1. The number of carboxylic acid groups (broad SMARTS) is 1. The van der Waals surface area contributed by atoms with Crippen LogP contribution in [-0.2, 0) is 15.1 Å². The van der Waals surface area contributed by atoms with E-state index in [2.05, 4.69) is 4.90 Å². The predicted octanol–water partition coefficient (Wildman–Crippen LogP) is 3.02. The lowest BCUT2D eigenvalue weighted by atomic mass is 9.86. The summed E-state index contributed by atoms with van der Waals surface area (Å²) in [6.45, 7) is 4.47. The molecule has 1 fully saturated rings. The van der Waals surface area contributed by atoms with Crippen molar-refractivity contribution in [2.75, 3.05) is 26.3 Å². The van der Waals surface area contributed by atoms with Gasteiger partial charge in [0.1, 0.15) is 0 Å². The first-order valence-electron chi connectivity index (χ1n) is 6.43. The largest absolute Gasteiger partial charge is 0.481 e. The Labute approximate surface area is 128 Å². The van der Waals surface area contributed by atoms with Crippen LogP contribution in [0, 0.1) is 0 Å². The summed E-state index contributed by atoms with van der Waals surface area (Å²) in [6.07, 6.45) is -0.0195. The number of hydrogen-bond acceptors (Lipinski definition) is 3.